The van der Waals surface area contributed by atoms with Crippen LogP contribution in [0, 0.1) is 6.92 Å². The molecule has 0 aliphatic carbocycles. The maximum atomic E-state index is 11.7. The molecule has 0 bridgehead atoms. The molecule has 2 aromatic rings. The number of nitrogens with zero attached hydrogens (tertiary/aromatic N) is 1. The highest BCUT2D eigenvalue weighted by Gasteiger charge is 2.04. The monoisotopic (exact) mass is 199 g/mol. The maximum absolute atomic E-state index is 11.7. The third-order valence-corrected chi connectivity index (χ3v) is 2.59. The van der Waals surface area contributed by atoms with Crippen LogP contribution in [0.3, 0.4) is 0 Å². The van der Waals surface area contributed by atoms with E-state index < -0.39 is 0 Å². The molecule has 2 rings (SSSR count). The van der Waals surface area contributed by atoms with Crippen molar-refractivity contribution < 1.29 is 0 Å². The van der Waals surface area contributed by atoms with Crippen molar-refractivity contribution in [3.63, 3.8) is 0 Å². The molecule has 76 valence electrons. The molecule has 0 N–H and O–H groups in total. The number of rotatable bonds is 1. The average Bonchev–Trinajstić information content (AvgIpc) is 2.27. The molecule has 0 radical (unpaired) electrons. The van der Waals surface area contributed by atoms with E-state index >= 15 is 0 Å². The van der Waals surface area contributed by atoms with Gasteiger partial charge in [0, 0.05) is 18.8 Å². The average molecular weight is 199 g/mol. The van der Waals surface area contributed by atoms with Crippen molar-refractivity contribution in [3.8, 4) is 11.1 Å². The van der Waals surface area contributed by atoms with Crippen LogP contribution in [0.15, 0.2) is 47.4 Å². The van der Waals surface area contributed by atoms with Gasteiger partial charge >= 0.3 is 0 Å². The Morgan fingerprint density at radius 1 is 1.07 bits per heavy atom. The quantitative estimate of drug-likeness (QED) is 0.691. The Kier molecular flexibility index (Phi) is 2.42. The van der Waals surface area contributed by atoms with Gasteiger partial charge in [-0.1, -0.05) is 30.3 Å². The highest BCUT2D eigenvalue weighted by Crippen LogP contribution is 2.19. The van der Waals surface area contributed by atoms with Crippen LogP contribution in [0.4, 0.5) is 0 Å². The lowest BCUT2D eigenvalue weighted by molar-refractivity contribution is 0.850. The number of aryl methyl sites for hydroxylation is 1. The summed E-state index contributed by atoms with van der Waals surface area (Å²) in [6, 6.07) is 11.9. The van der Waals surface area contributed by atoms with Crippen LogP contribution in [0.5, 0.6) is 0 Å². The maximum Gasteiger partial charge on any atom is 0.253 e. The Balaban J connectivity index is 2.66. The molecule has 2 nitrogen and oxygen atoms in total. The Hall–Kier alpha value is -1.83. The van der Waals surface area contributed by atoms with Gasteiger partial charge in [-0.05, 0) is 24.1 Å². The lowest BCUT2D eigenvalue weighted by Gasteiger charge is -2.06. The molecular formula is C13H13NO. The zero-order chi connectivity index (χ0) is 10.8. The second-order valence-electron chi connectivity index (χ2n) is 3.64. The zero-order valence-corrected chi connectivity index (χ0v) is 8.90. The minimum atomic E-state index is 0.0661. The summed E-state index contributed by atoms with van der Waals surface area (Å²) < 4.78 is 1.60. The van der Waals surface area contributed by atoms with Gasteiger partial charge in [0.15, 0.2) is 0 Å². The summed E-state index contributed by atoms with van der Waals surface area (Å²) in [5, 5.41) is 0. The van der Waals surface area contributed by atoms with Crippen LogP contribution < -0.4 is 5.56 Å². The molecule has 2 heteroatoms. The summed E-state index contributed by atoms with van der Waals surface area (Å²) >= 11 is 0. The molecule has 0 unspecified atom stereocenters. The molecule has 0 fully saturated rings. The molecule has 1 aromatic heterocycles. The highest BCUT2D eigenvalue weighted by atomic mass is 16.1. The lowest BCUT2D eigenvalue weighted by atomic mass is 10.0. The van der Waals surface area contributed by atoms with Crippen LogP contribution >= 0.6 is 0 Å². The Labute approximate surface area is 88.8 Å². The Morgan fingerprint density at radius 3 is 2.40 bits per heavy atom. The van der Waals surface area contributed by atoms with Gasteiger partial charge in [-0.25, -0.2) is 0 Å². The van der Waals surface area contributed by atoms with Gasteiger partial charge in [-0.3, -0.25) is 4.79 Å². The van der Waals surface area contributed by atoms with Crippen LogP contribution in [-0.4, -0.2) is 4.57 Å². The van der Waals surface area contributed by atoms with E-state index in [0.29, 0.717) is 0 Å². The van der Waals surface area contributed by atoms with Crippen molar-refractivity contribution in [2.45, 2.75) is 6.92 Å². The number of benzene rings is 1. The lowest BCUT2D eigenvalue weighted by Crippen LogP contribution is -2.18. The van der Waals surface area contributed by atoms with Gasteiger partial charge in [-0.2, -0.15) is 0 Å². The molecule has 0 aliphatic heterocycles. The number of pyridine rings is 1. The summed E-state index contributed by atoms with van der Waals surface area (Å²) in [5.74, 6) is 0. The van der Waals surface area contributed by atoms with Gasteiger partial charge in [0.05, 0.1) is 0 Å². The minimum Gasteiger partial charge on any atom is -0.318 e. The number of hydrogen-bond donors (Lipinski definition) is 0. The van der Waals surface area contributed by atoms with E-state index in [2.05, 4.69) is 0 Å². The molecule has 1 aromatic carbocycles. The molecule has 0 saturated carbocycles. The Morgan fingerprint density at radius 2 is 1.73 bits per heavy atom. The fourth-order valence-electron chi connectivity index (χ4n) is 1.69. The molecule has 0 aliphatic rings. The zero-order valence-electron chi connectivity index (χ0n) is 8.90. The van der Waals surface area contributed by atoms with E-state index in [4.69, 9.17) is 0 Å². The molecule has 0 spiro atoms. The van der Waals surface area contributed by atoms with Crippen molar-refractivity contribution in [1.82, 2.24) is 4.57 Å². The molecule has 1 heterocycles. The normalized spacial score (nSPS) is 10.3. The first kappa shape index (κ1) is 9.71. The highest BCUT2D eigenvalue weighted by molar-refractivity contribution is 5.66. The van der Waals surface area contributed by atoms with E-state index in [1.54, 1.807) is 17.8 Å². The second-order valence-corrected chi connectivity index (χ2v) is 3.64. The standard InChI is InChI=1S/C13H13NO/c1-10-12(8-9-14(2)13(10)15)11-6-4-3-5-7-11/h3-9H,1-2H3. The fraction of sp³-hybridized carbons (Fsp3) is 0.154. The predicted molar refractivity (Wildman–Crippen MR) is 61.9 cm³/mol. The predicted octanol–water partition coefficient (Wildman–Crippen LogP) is 2.36. The van der Waals surface area contributed by atoms with Crippen LogP contribution in [0.1, 0.15) is 5.56 Å². The van der Waals surface area contributed by atoms with Crippen molar-refractivity contribution in [3.05, 3.63) is 58.5 Å². The van der Waals surface area contributed by atoms with Crippen molar-refractivity contribution in [2.24, 2.45) is 7.05 Å². The molecule has 0 saturated heterocycles. The molecule has 15 heavy (non-hydrogen) atoms. The van der Waals surface area contributed by atoms with E-state index in [-0.39, 0.29) is 5.56 Å². The smallest absolute Gasteiger partial charge is 0.253 e. The molecule has 0 atom stereocenters. The van der Waals surface area contributed by atoms with Gasteiger partial charge in [0.1, 0.15) is 0 Å². The number of hydrogen-bond acceptors (Lipinski definition) is 1. The van der Waals surface area contributed by atoms with Crippen LogP contribution in [0.25, 0.3) is 11.1 Å². The molecule has 0 amide bonds. The topological polar surface area (TPSA) is 22.0 Å². The van der Waals surface area contributed by atoms with Crippen molar-refractivity contribution in [2.75, 3.05) is 0 Å². The SMILES string of the molecule is Cc1c(-c2ccccc2)ccn(C)c1=O. The van der Waals surface area contributed by atoms with E-state index in [0.717, 1.165) is 16.7 Å². The summed E-state index contributed by atoms with van der Waals surface area (Å²) in [6.45, 7) is 1.87. The largest absolute Gasteiger partial charge is 0.318 e. The van der Waals surface area contributed by atoms with Crippen LogP contribution in [0.2, 0.25) is 0 Å². The third kappa shape index (κ3) is 1.71. The minimum absolute atomic E-state index is 0.0661. The molecular weight excluding hydrogens is 186 g/mol. The van der Waals surface area contributed by atoms with Gasteiger partial charge in [0.2, 0.25) is 0 Å². The Bertz CT molecular complexity index is 526. The van der Waals surface area contributed by atoms with Crippen LogP contribution in [-0.2, 0) is 7.05 Å². The summed E-state index contributed by atoms with van der Waals surface area (Å²) in [4.78, 5) is 11.7. The van der Waals surface area contributed by atoms with E-state index in [1.807, 2.05) is 43.3 Å². The first-order valence-corrected chi connectivity index (χ1v) is 4.92. The second kappa shape index (κ2) is 3.73. The fourth-order valence-corrected chi connectivity index (χ4v) is 1.69. The van der Waals surface area contributed by atoms with Gasteiger partial charge in [-0.15, -0.1) is 0 Å². The first-order valence-electron chi connectivity index (χ1n) is 4.92. The van der Waals surface area contributed by atoms with Gasteiger partial charge in [0.25, 0.3) is 5.56 Å². The first-order chi connectivity index (χ1) is 7.20. The third-order valence-electron chi connectivity index (χ3n) is 2.59. The summed E-state index contributed by atoms with van der Waals surface area (Å²) in [5.41, 5.74) is 2.97. The van der Waals surface area contributed by atoms with Gasteiger partial charge < -0.3 is 4.57 Å². The van der Waals surface area contributed by atoms with Crippen molar-refractivity contribution in [1.29, 1.82) is 0 Å². The van der Waals surface area contributed by atoms with E-state index in [9.17, 15) is 4.79 Å². The summed E-state index contributed by atoms with van der Waals surface area (Å²) in [6.07, 6.45) is 1.80. The van der Waals surface area contributed by atoms with E-state index in [1.165, 1.54) is 0 Å². The number of aromatic nitrogens is 1. The van der Waals surface area contributed by atoms with Crippen molar-refractivity contribution >= 4 is 0 Å². The summed E-state index contributed by atoms with van der Waals surface area (Å²) in [7, 11) is 1.77.